The van der Waals surface area contributed by atoms with Crippen LogP contribution in [-0.4, -0.2) is 34.5 Å². The summed E-state index contributed by atoms with van der Waals surface area (Å²) < 4.78 is 5.60. The lowest BCUT2D eigenvalue weighted by Gasteiger charge is -2.38. The molecule has 0 aromatic heterocycles. The van der Waals surface area contributed by atoms with Gasteiger partial charge in [0.15, 0.2) is 0 Å². The number of carbonyl (C=O) groups is 1. The van der Waals surface area contributed by atoms with Crippen molar-refractivity contribution in [1.29, 1.82) is 0 Å². The van der Waals surface area contributed by atoms with Crippen LogP contribution in [0.3, 0.4) is 0 Å². The van der Waals surface area contributed by atoms with E-state index in [-0.39, 0.29) is 12.1 Å². The Balaban J connectivity index is 2.68. The fraction of sp³-hybridized carbons (Fsp3) is 0.682. The average Bonchev–Trinajstić information content (AvgIpc) is 2.58. The zero-order chi connectivity index (χ0) is 19.6. The minimum Gasteiger partial charge on any atom is -0.444 e. The number of nitrogens with zero attached hydrogens (tertiary/aromatic N) is 1. The average molecular weight is 426 g/mol. The number of amides is 1. The summed E-state index contributed by atoms with van der Waals surface area (Å²) in [7, 11) is 0. The largest absolute Gasteiger partial charge is 0.444 e. The van der Waals surface area contributed by atoms with Crippen molar-refractivity contribution in [2.24, 2.45) is 11.8 Å². The summed E-state index contributed by atoms with van der Waals surface area (Å²) in [5.74, 6) is 1.11. The van der Waals surface area contributed by atoms with Crippen LogP contribution in [0, 0.1) is 11.8 Å². The highest BCUT2D eigenvalue weighted by atomic mass is 79.9. The number of hydrogen-bond donors (Lipinski definition) is 0. The highest BCUT2D eigenvalue weighted by Crippen LogP contribution is 2.34. The monoisotopic (exact) mass is 425 g/mol. The van der Waals surface area contributed by atoms with Gasteiger partial charge in [-0.3, -0.25) is 4.90 Å². The molecule has 1 atom stereocenters. The van der Waals surface area contributed by atoms with E-state index in [1.165, 1.54) is 19.3 Å². The number of alkyl halides is 1. The Kier molecular flexibility index (Phi) is 10.3. The van der Waals surface area contributed by atoms with Crippen LogP contribution >= 0.6 is 15.9 Å². The van der Waals surface area contributed by atoms with E-state index in [4.69, 9.17) is 4.74 Å². The van der Waals surface area contributed by atoms with E-state index in [1.54, 1.807) is 11.0 Å². The van der Waals surface area contributed by atoms with Gasteiger partial charge in [-0.15, -0.1) is 13.2 Å². The van der Waals surface area contributed by atoms with Crippen LogP contribution in [0.25, 0.3) is 0 Å². The molecule has 0 bridgehead atoms. The van der Waals surface area contributed by atoms with Gasteiger partial charge in [-0.1, -0.05) is 40.2 Å². The predicted molar refractivity (Wildman–Crippen MR) is 115 cm³/mol. The number of hydrogen-bond acceptors (Lipinski definition) is 2. The zero-order valence-electron chi connectivity index (χ0n) is 16.8. The van der Waals surface area contributed by atoms with Gasteiger partial charge in [0.2, 0.25) is 0 Å². The summed E-state index contributed by atoms with van der Waals surface area (Å²) in [6.45, 7) is 14.0. The first-order valence-corrected chi connectivity index (χ1v) is 10.9. The first-order valence-electron chi connectivity index (χ1n) is 9.78. The summed E-state index contributed by atoms with van der Waals surface area (Å²) in [5.41, 5.74) is -0.500. The Bertz CT molecular complexity index is 473. The van der Waals surface area contributed by atoms with E-state index in [0.717, 1.165) is 24.6 Å². The van der Waals surface area contributed by atoms with Crippen molar-refractivity contribution in [3.8, 4) is 0 Å². The van der Waals surface area contributed by atoms with Crippen LogP contribution in [0.5, 0.6) is 0 Å². The van der Waals surface area contributed by atoms with Crippen molar-refractivity contribution in [1.82, 2.24) is 4.90 Å². The predicted octanol–water partition coefficient (Wildman–Crippen LogP) is 6.50. The Labute approximate surface area is 168 Å². The molecule has 4 heteroatoms. The SMILES string of the molecule is C=CCN(C(=O)OC(C)(C)C)C(C=C)C1CCC(C=CCCCBr)CC1. The van der Waals surface area contributed by atoms with Crippen LogP contribution in [0.1, 0.15) is 59.3 Å². The van der Waals surface area contributed by atoms with E-state index >= 15 is 0 Å². The summed E-state index contributed by atoms with van der Waals surface area (Å²) in [6.07, 6.45) is 15.0. The molecular weight excluding hydrogens is 390 g/mol. The van der Waals surface area contributed by atoms with Gasteiger partial charge < -0.3 is 4.74 Å². The molecule has 3 nitrogen and oxygen atoms in total. The Morgan fingerprint density at radius 1 is 1.27 bits per heavy atom. The van der Waals surface area contributed by atoms with Crippen LogP contribution < -0.4 is 0 Å². The second-order valence-electron chi connectivity index (χ2n) is 8.08. The third kappa shape index (κ3) is 8.11. The molecule has 0 saturated heterocycles. The third-order valence-corrected chi connectivity index (χ3v) is 5.33. The van der Waals surface area contributed by atoms with Crippen molar-refractivity contribution in [2.75, 3.05) is 11.9 Å². The summed E-state index contributed by atoms with van der Waals surface area (Å²) in [4.78, 5) is 14.4. The van der Waals surface area contributed by atoms with Crippen LogP contribution in [0.4, 0.5) is 4.79 Å². The van der Waals surface area contributed by atoms with E-state index in [2.05, 4.69) is 41.2 Å². The van der Waals surface area contributed by atoms with Crippen LogP contribution in [0.2, 0.25) is 0 Å². The molecule has 1 aliphatic rings. The zero-order valence-corrected chi connectivity index (χ0v) is 18.3. The molecule has 0 radical (unpaired) electrons. The van der Waals surface area contributed by atoms with Gasteiger partial charge in [0.05, 0.1) is 6.04 Å². The summed E-state index contributed by atoms with van der Waals surface area (Å²) in [6, 6.07) is 0.00109. The molecule has 148 valence electrons. The highest BCUT2D eigenvalue weighted by molar-refractivity contribution is 9.09. The third-order valence-electron chi connectivity index (χ3n) is 4.77. The molecular formula is C22H36BrNO2. The van der Waals surface area contributed by atoms with Gasteiger partial charge in [0.25, 0.3) is 0 Å². The maximum atomic E-state index is 12.7. The number of ether oxygens (including phenoxy) is 1. The van der Waals surface area contributed by atoms with Crippen molar-refractivity contribution in [2.45, 2.75) is 70.9 Å². The van der Waals surface area contributed by atoms with E-state index in [1.807, 2.05) is 26.8 Å². The topological polar surface area (TPSA) is 29.5 Å². The maximum absolute atomic E-state index is 12.7. The molecule has 1 aliphatic carbocycles. The van der Waals surface area contributed by atoms with Gasteiger partial charge in [0, 0.05) is 11.9 Å². The number of allylic oxidation sites excluding steroid dienone is 2. The van der Waals surface area contributed by atoms with Crippen molar-refractivity contribution in [3.63, 3.8) is 0 Å². The molecule has 0 aliphatic heterocycles. The van der Waals surface area contributed by atoms with Gasteiger partial charge in [0.1, 0.15) is 5.60 Å². The molecule has 1 fully saturated rings. The smallest absolute Gasteiger partial charge is 0.411 e. The van der Waals surface area contributed by atoms with Gasteiger partial charge in [-0.05, 0) is 71.1 Å². The molecule has 1 saturated carbocycles. The molecule has 1 unspecified atom stereocenters. The lowest BCUT2D eigenvalue weighted by Crippen LogP contribution is -2.46. The van der Waals surface area contributed by atoms with Crippen molar-refractivity contribution in [3.05, 3.63) is 37.5 Å². The summed E-state index contributed by atoms with van der Waals surface area (Å²) in [5, 5.41) is 1.06. The number of halogens is 1. The number of carbonyl (C=O) groups excluding carboxylic acids is 1. The molecule has 26 heavy (non-hydrogen) atoms. The second kappa shape index (κ2) is 11.6. The Morgan fingerprint density at radius 3 is 2.42 bits per heavy atom. The normalized spacial score (nSPS) is 22.0. The van der Waals surface area contributed by atoms with E-state index in [9.17, 15) is 4.79 Å². The van der Waals surface area contributed by atoms with Crippen molar-refractivity contribution >= 4 is 22.0 Å². The minimum absolute atomic E-state index is 0.00109. The fourth-order valence-corrected chi connectivity index (χ4v) is 3.84. The van der Waals surface area contributed by atoms with Crippen LogP contribution in [-0.2, 0) is 4.74 Å². The van der Waals surface area contributed by atoms with Gasteiger partial charge in [-0.25, -0.2) is 4.79 Å². The number of rotatable bonds is 9. The quantitative estimate of drug-likeness (QED) is 0.239. The van der Waals surface area contributed by atoms with Gasteiger partial charge in [-0.2, -0.15) is 0 Å². The molecule has 0 aromatic rings. The fourth-order valence-electron chi connectivity index (χ4n) is 3.51. The Morgan fingerprint density at radius 2 is 1.92 bits per heavy atom. The summed E-state index contributed by atoms with van der Waals surface area (Å²) >= 11 is 3.47. The lowest BCUT2D eigenvalue weighted by atomic mass is 9.78. The maximum Gasteiger partial charge on any atom is 0.411 e. The van der Waals surface area contributed by atoms with Crippen molar-refractivity contribution < 1.29 is 9.53 Å². The lowest BCUT2D eigenvalue weighted by molar-refractivity contribution is 0.0153. The minimum atomic E-state index is -0.500. The Hall–Kier alpha value is -1.03. The molecule has 0 N–H and O–H groups in total. The van der Waals surface area contributed by atoms with E-state index in [0.29, 0.717) is 18.4 Å². The first kappa shape index (κ1) is 23.0. The second-order valence-corrected chi connectivity index (χ2v) is 8.87. The molecule has 0 spiro atoms. The highest BCUT2D eigenvalue weighted by Gasteiger charge is 2.33. The van der Waals surface area contributed by atoms with Crippen LogP contribution in [0.15, 0.2) is 37.5 Å². The van der Waals surface area contributed by atoms with Gasteiger partial charge >= 0.3 is 6.09 Å². The first-order chi connectivity index (χ1) is 12.3. The number of unbranched alkanes of at least 4 members (excludes halogenated alkanes) is 1. The van der Waals surface area contributed by atoms with E-state index < -0.39 is 5.60 Å². The molecule has 1 rings (SSSR count). The molecule has 1 amide bonds. The standard InChI is InChI=1S/C22H36BrNO2/c1-6-17-24(21(25)26-22(3,4)5)20(7-2)19-14-12-18(13-15-19)11-9-8-10-16-23/h6-7,9,11,18-20H,1-2,8,10,12-17H2,3-5H3. The molecule has 0 heterocycles. The molecule has 0 aromatic carbocycles.